The van der Waals surface area contributed by atoms with Crippen molar-refractivity contribution in [3.8, 4) is 11.5 Å². The molecule has 1 saturated heterocycles. The summed E-state index contributed by atoms with van der Waals surface area (Å²) in [5, 5.41) is 0. The fraction of sp³-hybridized carbons (Fsp3) is 0.235. The first-order valence-electron chi connectivity index (χ1n) is 7.28. The van der Waals surface area contributed by atoms with Crippen molar-refractivity contribution >= 4 is 15.9 Å². The number of Topliss-reactive ketones (excluding diaryl/α,β-unsaturated/α-hetero) is 1. The molecule has 7 heteroatoms. The van der Waals surface area contributed by atoms with Gasteiger partial charge in [0.1, 0.15) is 11.5 Å². The van der Waals surface area contributed by atoms with Crippen molar-refractivity contribution in [3.63, 3.8) is 0 Å². The normalized spacial score (nSPS) is 27.7. The van der Waals surface area contributed by atoms with Gasteiger partial charge in [-0.3, -0.25) is 4.79 Å². The number of carbonyl (C=O) groups excluding carboxylic acids is 1. The summed E-state index contributed by atoms with van der Waals surface area (Å²) in [5.74, 6) is -1.01. The SMILES string of the molecule is CC12Oc3cc(OS(C)(=O)=O)ccc3C(=O)C1(c1ccccc1)O2. The molecular weight excluding hydrogens is 332 g/mol. The van der Waals surface area contributed by atoms with Gasteiger partial charge in [-0.2, -0.15) is 8.42 Å². The minimum atomic E-state index is -3.66. The van der Waals surface area contributed by atoms with Gasteiger partial charge in [0.15, 0.2) is 0 Å². The maximum atomic E-state index is 13.0. The Morgan fingerprint density at radius 2 is 1.79 bits per heavy atom. The molecule has 0 radical (unpaired) electrons. The van der Waals surface area contributed by atoms with Gasteiger partial charge in [-0.15, -0.1) is 0 Å². The molecular formula is C17H14O6S. The van der Waals surface area contributed by atoms with Crippen LogP contribution in [0.5, 0.6) is 11.5 Å². The predicted octanol–water partition coefficient (Wildman–Crippen LogP) is 2.24. The maximum absolute atomic E-state index is 13.0. The molecule has 0 aliphatic carbocycles. The highest BCUT2D eigenvalue weighted by molar-refractivity contribution is 7.86. The fourth-order valence-corrected chi connectivity index (χ4v) is 3.59. The van der Waals surface area contributed by atoms with Crippen LogP contribution >= 0.6 is 0 Å². The first-order chi connectivity index (χ1) is 11.3. The van der Waals surface area contributed by atoms with Crippen LogP contribution in [0.1, 0.15) is 22.8 Å². The van der Waals surface area contributed by atoms with Gasteiger partial charge in [-0.05, 0) is 17.7 Å². The maximum Gasteiger partial charge on any atom is 0.306 e. The van der Waals surface area contributed by atoms with E-state index in [2.05, 4.69) is 0 Å². The summed E-state index contributed by atoms with van der Waals surface area (Å²) in [6, 6.07) is 13.5. The topological polar surface area (TPSA) is 82.2 Å². The molecule has 0 aromatic heterocycles. The molecule has 0 saturated carbocycles. The molecule has 2 aromatic carbocycles. The molecule has 2 aliphatic heterocycles. The molecule has 124 valence electrons. The molecule has 2 atom stereocenters. The third kappa shape index (κ3) is 2.05. The molecule has 1 fully saturated rings. The predicted molar refractivity (Wildman–Crippen MR) is 84.5 cm³/mol. The largest absolute Gasteiger partial charge is 0.458 e. The van der Waals surface area contributed by atoms with E-state index in [9.17, 15) is 13.2 Å². The van der Waals surface area contributed by atoms with Crippen LogP contribution < -0.4 is 8.92 Å². The summed E-state index contributed by atoms with van der Waals surface area (Å²) in [6.07, 6.45) is 0.949. The van der Waals surface area contributed by atoms with E-state index in [1.807, 2.05) is 30.3 Å². The van der Waals surface area contributed by atoms with Crippen LogP contribution in [-0.2, 0) is 20.5 Å². The highest BCUT2D eigenvalue weighted by Gasteiger charge is 2.78. The quantitative estimate of drug-likeness (QED) is 0.626. The van der Waals surface area contributed by atoms with Crippen molar-refractivity contribution in [3.05, 3.63) is 59.7 Å². The van der Waals surface area contributed by atoms with Crippen LogP contribution in [0, 0.1) is 0 Å². The smallest absolute Gasteiger partial charge is 0.306 e. The number of carbonyl (C=O) groups is 1. The molecule has 2 unspecified atom stereocenters. The summed E-state index contributed by atoms with van der Waals surface area (Å²) >= 11 is 0. The average Bonchev–Trinajstić information content (AvgIpc) is 3.14. The van der Waals surface area contributed by atoms with Crippen LogP contribution in [0.3, 0.4) is 0 Å². The van der Waals surface area contributed by atoms with E-state index in [0.29, 0.717) is 5.56 Å². The van der Waals surface area contributed by atoms with Crippen molar-refractivity contribution in [1.82, 2.24) is 0 Å². The molecule has 0 spiro atoms. The van der Waals surface area contributed by atoms with Crippen molar-refractivity contribution < 1.29 is 26.9 Å². The van der Waals surface area contributed by atoms with Crippen LogP contribution in [0.15, 0.2) is 48.5 Å². The fourth-order valence-electron chi connectivity index (χ4n) is 3.14. The Morgan fingerprint density at radius 1 is 1.08 bits per heavy atom. The number of rotatable bonds is 3. The number of hydrogen-bond acceptors (Lipinski definition) is 6. The second kappa shape index (κ2) is 4.58. The zero-order valence-corrected chi connectivity index (χ0v) is 13.8. The van der Waals surface area contributed by atoms with Crippen molar-refractivity contribution in [2.45, 2.75) is 18.3 Å². The van der Waals surface area contributed by atoms with E-state index >= 15 is 0 Å². The van der Waals surface area contributed by atoms with Gasteiger partial charge in [-0.25, -0.2) is 0 Å². The Morgan fingerprint density at radius 3 is 2.46 bits per heavy atom. The zero-order valence-electron chi connectivity index (χ0n) is 13.0. The van der Waals surface area contributed by atoms with E-state index in [1.165, 1.54) is 18.2 Å². The molecule has 0 amide bonds. The molecule has 2 aromatic rings. The van der Waals surface area contributed by atoms with Crippen LogP contribution in [0.2, 0.25) is 0 Å². The highest BCUT2D eigenvalue weighted by Crippen LogP contribution is 2.61. The Bertz CT molecular complexity index is 952. The van der Waals surface area contributed by atoms with E-state index in [-0.39, 0.29) is 17.3 Å². The van der Waals surface area contributed by atoms with Gasteiger partial charge in [0, 0.05) is 13.0 Å². The second-order valence-corrected chi connectivity index (χ2v) is 7.55. The molecule has 2 heterocycles. The Hall–Kier alpha value is -2.38. The average molecular weight is 346 g/mol. The summed E-state index contributed by atoms with van der Waals surface area (Å²) in [7, 11) is -3.66. The second-order valence-electron chi connectivity index (χ2n) is 5.97. The lowest BCUT2D eigenvalue weighted by molar-refractivity contribution is 0.0738. The number of ether oxygens (including phenoxy) is 2. The molecule has 0 N–H and O–H groups in total. The summed E-state index contributed by atoms with van der Waals surface area (Å²) in [5.41, 5.74) is -0.116. The number of epoxide rings is 1. The Kier molecular flexibility index (Phi) is 2.90. The summed E-state index contributed by atoms with van der Waals surface area (Å²) < 4.78 is 38.9. The monoisotopic (exact) mass is 346 g/mol. The van der Waals surface area contributed by atoms with Crippen molar-refractivity contribution in [1.29, 1.82) is 0 Å². The number of fused-ring (bicyclic) bond motifs is 2. The first kappa shape index (κ1) is 15.2. The lowest BCUT2D eigenvalue weighted by atomic mass is 9.84. The standard InChI is InChI=1S/C17H14O6S/c1-16-17(23-16,11-6-4-3-5-7-11)15(18)13-9-8-12(10-14(13)21-16)22-24(2,19)20/h3-10H,1-2H3. The van der Waals surface area contributed by atoms with Gasteiger partial charge in [-0.1, -0.05) is 30.3 Å². The van der Waals surface area contributed by atoms with Crippen molar-refractivity contribution in [2.24, 2.45) is 0 Å². The van der Waals surface area contributed by atoms with Gasteiger partial charge in [0.2, 0.25) is 11.4 Å². The molecule has 4 rings (SSSR count). The number of benzene rings is 2. The number of hydrogen-bond donors (Lipinski definition) is 0. The summed E-state index contributed by atoms with van der Waals surface area (Å²) in [4.78, 5) is 13.0. The Balaban J connectivity index is 1.78. The summed E-state index contributed by atoms with van der Waals surface area (Å²) in [6.45, 7) is 1.69. The van der Waals surface area contributed by atoms with E-state index in [0.717, 1.165) is 11.8 Å². The van der Waals surface area contributed by atoms with E-state index < -0.39 is 21.5 Å². The number of ketones is 1. The minimum absolute atomic E-state index is 0.0838. The van der Waals surface area contributed by atoms with Gasteiger partial charge in [0.25, 0.3) is 5.79 Å². The van der Waals surface area contributed by atoms with Gasteiger partial charge < -0.3 is 13.7 Å². The first-order valence-corrected chi connectivity index (χ1v) is 9.10. The molecule has 6 nitrogen and oxygen atoms in total. The highest BCUT2D eigenvalue weighted by atomic mass is 32.2. The van der Waals surface area contributed by atoms with Gasteiger partial charge >= 0.3 is 10.1 Å². The minimum Gasteiger partial charge on any atom is -0.458 e. The van der Waals surface area contributed by atoms with Crippen LogP contribution in [0.4, 0.5) is 0 Å². The zero-order chi connectivity index (χ0) is 17.2. The van der Waals surface area contributed by atoms with Crippen LogP contribution in [0.25, 0.3) is 0 Å². The van der Waals surface area contributed by atoms with Crippen LogP contribution in [-0.4, -0.2) is 26.2 Å². The third-order valence-corrected chi connectivity index (χ3v) is 4.69. The third-order valence-electron chi connectivity index (χ3n) is 4.20. The lowest BCUT2D eigenvalue weighted by Crippen LogP contribution is -2.38. The molecule has 2 aliphatic rings. The van der Waals surface area contributed by atoms with Crippen molar-refractivity contribution in [2.75, 3.05) is 6.26 Å². The molecule has 24 heavy (non-hydrogen) atoms. The van der Waals surface area contributed by atoms with Gasteiger partial charge in [0.05, 0.1) is 11.8 Å². The van der Waals surface area contributed by atoms with E-state index in [4.69, 9.17) is 13.7 Å². The Labute approximate surface area is 139 Å². The van der Waals surface area contributed by atoms with E-state index in [1.54, 1.807) is 6.92 Å². The lowest BCUT2D eigenvalue weighted by Gasteiger charge is -2.25. The molecule has 0 bridgehead atoms.